The first-order valence-corrected chi connectivity index (χ1v) is 12.1. The zero-order valence-corrected chi connectivity index (χ0v) is 19.2. The molecule has 7 nitrogen and oxygen atoms in total. The molecule has 1 atom stereocenters. The lowest BCUT2D eigenvalue weighted by atomic mass is 10.0. The monoisotopic (exact) mass is 459 g/mol. The number of aromatic amines is 1. The molecule has 1 aliphatic carbocycles. The Morgan fingerprint density at radius 3 is 3.06 bits per heavy atom. The minimum Gasteiger partial charge on any atom is -0.354 e. The van der Waals surface area contributed by atoms with Crippen LogP contribution in [0.4, 0.5) is 5.69 Å². The quantitative estimate of drug-likeness (QED) is 0.479. The number of rotatable bonds is 4. The molecular weight excluding hydrogens is 434 g/mol. The molecule has 1 saturated heterocycles. The molecule has 4 aromatic rings. The topological polar surface area (TPSA) is 83.1 Å². The minimum absolute atomic E-state index is 0.0158. The number of para-hydroxylation sites is 1. The van der Waals surface area contributed by atoms with E-state index < -0.39 is 0 Å². The van der Waals surface area contributed by atoms with Crippen LogP contribution in [-0.2, 0) is 22.4 Å². The minimum atomic E-state index is -0.0258. The Kier molecular flexibility index (Phi) is 5.11. The van der Waals surface area contributed by atoms with E-state index in [1.165, 1.54) is 28.3 Å². The fourth-order valence-electron chi connectivity index (χ4n) is 4.77. The molecule has 33 heavy (non-hydrogen) atoms. The number of aryl methyl sites for hydroxylation is 1. The lowest BCUT2D eigenvalue weighted by molar-refractivity contribution is -0.119. The zero-order valence-electron chi connectivity index (χ0n) is 18.4. The maximum absolute atomic E-state index is 11.2. The second kappa shape index (κ2) is 8.28. The number of anilines is 1. The summed E-state index contributed by atoms with van der Waals surface area (Å²) < 4.78 is 7.05. The van der Waals surface area contributed by atoms with Crippen LogP contribution in [0.15, 0.2) is 42.5 Å². The van der Waals surface area contributed by atoms with Crippen molar-refractivity contribution in [3.8, 4) is 22.0 Å². The number of H-pyrrole nitrogens is 1. The molecule has 0 unspecified atom stereocenters. The first-order chi connectivity index (χ1) is 16.2. The van der Waals surface area contributed by atoms with Crippen LogP contribution >= 0.6 is 11.3 Å². The van der Waals surface area contributed by atoms with Gasteiger partial charge in [-0.25, -0.2) is 4.98 Å². The molecule has 1 amide bonds. The average Bonchev–Trinajstić information content (AvgIpc) is 3.53. The number of aromatic nitrogens is 3. The van der Waals surface area contributed by atoms with Gasteiger partial charge in [-0.15, -0.1) is 11.3 Å². The number of nitrogens with one attached hydrogen (secondary N) is 2. The molecule has 3 heterocycles. The van der Waals surface area contributed by atoms with E-state index in [1.54, 1.807) is 11.3 Å². The maximum Gasteiger partial charge on any atom is 0.216 e. The van der Waals surface area contributed by atoms with Crippen molar-refractivity contribution in [3.63, 3.8) is 0 Å². The first-order valence-electron chi connectivity index (χ1n) is 11.3. The Bertz CT molecular complexity index is 1310. The van der Waals surface area contributed by atoms with E-state index in [1.807, 2.05) is 6.07 Å². The highest BCUT2D eigenvalue weighted by molar-refractivity contribution is 7.21. The Morgan fingerprint density at radius 2 is 2.18 bits per heavy atom. The summed E-state index contributed by atoms with van der Waals surface area (Å²) in [4.78, 5) is 18.3. The van der Waals surface area contributed by atoms with E-state index in [-0.39, 0.29) is 12.0 Å². The molecule has 6 rings (SSSR count). The molecule has 168 valence electrons. The fraction of sp³-hybridized carbons (Fsp3) is 0.320. The number of thiazole rings is 1. The van der Waals surface area contributed by atoms with Crippen molar-refractivity contribution in [2.24, 2.45) is 0 Å². The molecule has 1 aliphatic heterocycles. The van der Waals surface area contributed by atoms with Crippen LogP contribution in [0.1, 0.15) is 24.5 Å². The smallest absolute Gasteiger partial charge is 0.216 e. The molecule has 0 radical (unpaired) electrons. The number of amides is 1. The van der Waals surface area contributed by atoms with Crippen LogP contribution in [-0.4, -0.2) is 47.0 Å². The van der Waals surface area contributed by atoms with Gasteiger partial charge in [0.15, 0.2) is 0 Å². The number of carbonyl (C=O) groups is 1. The van der Waals surface area contributed by atoms with Crippen molar-refractivity contribution in [2.75, 3.05) is 24.7 Å². The number of nitrogens with zero attached hydrogens (tertiary/aromatic N) is 3. The summed E-state index contributed by atoms with van der Waals surface area (Å²) in [6, 6.07) is 14.9. The number of fused-ring (bicyclic) bond motifs is 4. The Balaban J connectivity index is 1.29. The van der Waals surface area contributed by atoms with E-state index in [0.717, 1.165) is 53.4 Å². The number of benzene rings is 2. The number of ether oxygens (including phenoxy) is 1. The maximum atomic E-state index is 11.2. The highest BCUT2D eigenvalue weighted by Crippen LogP contribution is 2.39. The summed E-state index contributed by atoms with van der Waals surface area (Å²) in [7, 11) is 0. The van der Waals surface area contributed by atoms with Crippen LogP contribution in [0.25, 0.3) is 32.2 Å². The highest BCUT2D eigenvalue weighted by atomic mass is 32.1. The van der Waals surface area contributed by atoms with Crippen LogP contribution in [0.3, 0.4) is 0 Å². The molecular formula is C25H25N5O2S. The summed E-state index contributed by atoms with van der Waals surface area (Å²) >= 11 is 1.71. The van der Waals surface area contributed by atoms with Gasteiger partial charge in [-0.2, -0.15) is 5.10 Å². The SMILES string of the molecule is CC(=O)NC[C@H]1CN(c2ccc3c(c2)CCCc2c-3n[nH]c2-c2nc3ccccc3s2)CO1. The summed E-state index contributed by atoms with van der Waals surface area (Å²) in [5.41, 5.74) is 8.07. The van der Waals surface area contributed by atoms with Crippen LogP contribution < -0.4 is 10.2 Å². The summed E-state index contributed by atoms with van der Waals surface area (Å²) in [6.07, 6.45) is 3.08. The second-order valence-electron chi connectivity index (χ2n) is 8.68. The number of hydrogen-bond acceptors (Lipinski definition) is 6. The number of hydrogen-bond donors (Lipinski definition) is 2. The van der Waals surface area contributed by atoms with Crippen molar-refractivity contribution in [1.82, 2.24) is 20.5 Å². The normalized spacial score (nSPS) is 17.6. The van der Waals surface area contributed by atoms with Gasteiger partial charge in [-0.05, 0) is 49.1 Å². The molecule has 0 bridgehead atoms. The third-order valence-electron chi connectivity index (χ3n) is 6.43. The van der Waals surface area contributed by atoms with Gasteiger partial charge in [0.1, 0.15) is 11.7 Å². The fourth-order valence-corrected chi connectivity index (χ4v) is 5.75. The zero-order chi connectivity index (χ0) is 22.4. The average molecular weight is 460 g/mol. The van der Waals surface area contributed by atoms with E-state index >= 15 is 0 Å². The van der Waals surface area contributed by atoms with Crippen LogP contribution in [0.5, 0.6) is 0 Å². The van der Waals surface area contributed by atoms with Gasteiger partial charge >= 0.3 is 0 Å². The van der Waals surface area contributed by atoms with Gasteiger partial charge in [0.25, 0.3) is 0 Å². The Morgan fingerprint density at radius 1 is 1.27 bits per heavy atom. The van der Waals surface area contributed by atoms with Crippen molar-refractivity contribution < 1.29 is 9.53 Å². The van der Waals surface area contributed by atoms with E-state index in [0.29, 0.717) is 13.3 Å². The third-order valence-corrected chi connectivity index (χ3v) is 7.48. The molecule has 0 saturated carbocycles. The van der Waals surface area contributed by atoms with Crippen molar-refractivity contribution in [3.05, 3.63) is 53.6 Å². The lowest BCUT2D eigenvalue weighted by Crippen LogP contribution is -2.33. The van der Waals surface area contributed by atoms with Gasteiger partial charge in [0.2, 0.25) is 5.91 Å². The molecule has 1 fully saturated rings. The second-order valence-corrected chi connectivity index (χ2v) is 9.72. The lowest BCUT2D eigenvalue weighted by Gasteiger charge is -2.18. The van der Waals surface area contributed by atoms with E-state index in [4.69, 9.17) is 14.8 Å². The molecule has 2 aromatic heterocycles. The first kappa shape index (κ1) is 20.4. The van der Waals surface area contributed by atoms with Crippen molar-refractivity contribution in [2.45, 2.75) is 32.3 Å². The highest BCUT2D eigenvalue weighted by Gasteiger charge is 2.26. The molecule has 8 heteroatoms. The van der Waals surface area contributed by atoms with Gasteiger partial charge in [-0.3, -0.25) is 9.89 Å². The Labute approximate surface area is 195 Å². The predicted molar refractivity (Wildman–Crippen MR) is 130 cm³/mol. The van der Waals surface area contributed by atoms with Crippen molar-refractivity contribution >= 4 is 33.1 Å². The Hall–Kier alpha value is -3.23. The molecule has 2 aliphatic rings. The van der Waals surface area contributed by atoms with Crippen molar-refractivity contribution in [1.29, 1.82) is 0 Å². The van der Waals surface area contributed by atoms with Crippen LogP contribution in [0.2, 0.25) is 0 Å². The largest absolute Gasteiger partial charge is 0.354 e. The number of carbonyl (C=O) groups excluding carboxylic acids is 1. The summed E-state index contributed by atoms with van der Waals surface area (Å²) in [6.45, 7) is 3.39. The summed E-state index contributed by atoms with van der Waals surface area (Å²) in [5.74, 6) is -0.0258. The molecule has 2 aromatic carbocycles. The third kappa shape index (κ3) is 3.79. The molecule has 2 N–H and O–H groups in total. The van der Waals surface area contributed by atoms with E-state index in [9.17, 15) is 4.79 Å². The van der Waals surface area contributed by atoms with E-state index in [2.05, 4.69) is 51.7 Å². The molecule has 0 spiro atoms. The van der Waals surface area contributed by atoms with Gasteiger partial charge in [0.05, 0.1) is 27.7 Å². The van der Waals surface area contributed by atoms with Gasteiger partial charge < -0.3 is 15.0 Å². The van der Waals surface area contributed by atoms with Gasteiger partial charge in [-0.1, -0.05) is 18.2 Å². The standard InChI is InChI=1S/C25H25N5O2S/c1-15(31)26-12-18-13-30(14-32-18)17-9-10-19-16(11-17)5-4-6-20-23(19)28-29-24(20)25-27-21-7-2-3-8-22(21)33-25/h2-3,7-11,18H,4-6,12-14H2,1H3,(H,26,31)(H,28,29)/t18-/m0/s1. The predicted octanol–water partition coefficient (Wildman–Crippen LogP) is 4.14. The van der Waals surface area contributed by atoms with Crippen LogP contribution in [0, 0.1) is 0 Å². The summed E-state index contributed by atoms with van der Waals surface area (Å²) in [5, 5.41) is 11.9. The van der Waals surface area contributed by atoms with Gasteiger partial charge in [0, 0.05) is 36.8 Å².